The lowest BCUT2D eigenvalue weighted by Crippen LogP contribution is -2.41. The Bertz CT molecular complexity index is 523. The van der Waals surface area contributed by atoms with Crippen LogP contribution in [0.25, 0.3) is 0 Å². The quantitative estimate of drug-likeness (QED) is 0.774. The van der Waals surface area contributed by atoms with E-state index in [2.05, 4.69) is 0 Å². The fourth-order valence-corrected chi connectivity index (χ4v) is 2.68. The molecule has 4 nitrogen and oxygen atoms in total. The summed E-state index contributed by atoms with van der Waals surface area (Å²) in [5.74, 6) is -0.382. The average Bonchev–Trinajstić information content (AvgIpc) is 3.01. The second-order valence-electron chi connectivity index (χ2n) is 4.86. The van der Waals surface area contributed by atoms with E-state index in [-0.39, 0.29) is 24.5 Å². The smallest absolute Gasteiger partial charge is 0.329 e. The summed E-state index contributed by atoms with van der Waals surface area (Å²) >= 11 is 0. The summed E-state index contributed by atoms with van der Waals surface area (Å²) in [6.07, 6.45) is 4.94. The van der Waals surface area contributed by atoms with Crippen LogP contribution in [-0.4, -0.2) is 28.9 Å². The van der Waals surface area contributed by atoms with E-state index in [9.17, 15) is 9.59 Å². The van der Waals surface area contributed by atoms with Gasteiger partial charge in [0.15, 0.2) is 0 Å². The minimum atomic E-state index is -0.420. The van der Waals surface area contributed by atoms with E-state index in [4.69, 9.17) is 4.74 Å². The molecule has 0 unspecified atom stereocenters. The molecule has 3 rings (SSSR count). The maximum Gasteiger partial charge on any atom is 0.329 e. The first-order valence-corrected chi connectivity index (χ1v) is 6.47. The van der Waals surface area contributed by atoms with Crippen molar-refractivity contribution in [1.29, 1.82) is 0 Å². The lowest BCUT2D eigenvalue weighted by molar-refractivity contribution is -0.153. The highest BCUT2D eigenvalue weighted by molar-refractivity contribution is 5.94. The molecule has 0 bridgehead atoms. The predicted molar refractivity (Wildman–Crippen MR) is 69.0 cm³/mol. The van der Waals surface area contributed by atoms with Gasteiger partial charge in [-0.3, -0.25) is 4.79 Å². The van der Waals surface area contributed by atoms with Crippen molar-refractivity contribution in [3.8, 4) is 0 Å². The highest BCUT2D eigenvalue weighted by Crippen LogP contribution is 2.30. The lowest BCUT2D eigenvalue weighted by Gasteiger charge is -2.22. The summed E-state index contributed by atoms with van der Waals surface area (Å²) in [7, 11) is 0. The Labute approximate surface area is 111 Å². The molecule has 0 radical (unpaired) electrons. The van der Waals surface area contributed by atoms with Gasteiger partial charge in [0.05, 0.1) is 6.04 Å². The van der Waals surface area contributed by atoms with Crippen LogP contribution in [0.3, 0.4) is 0 Å². The normalized spacial score (nSPS) is 24.6. The molecular weight excluding hydrogens is 242 g/mol. The first kappa shape index (κ1) is 12.0. The molecule has 4 heteroatoms. The summed E-state index contributed by atoms with van der Waals surface area (Å²) in [5.41, 5.74) is 0.955. The van der Waals surface area contributed by atoms with Crippen LogP contribution in [0.5, 0.6) is 0 Å². The Hall–Kier alpha value is -2.10. The minimum Gasteiger partial charge on any atom is -0.459 e. The van der Waals surface area contributed by atoms with Crippen molar-refractivity contribution in [1.82, 2.24) is 4.90 Å². The third-order valence-corrected chi connectivity index (χ3v) is 3.64. The van der Waals surface area contributed by atoms with Crippen LogP contribution in [0, 0.1) is 0 Å². The van der Waals surface area contributed by atoms with Crippen LogP contribution in [0.1, 0.15) is 18.4 Å². The lowest BCUT2D eigenvalue weighted by atomic mass is 10.2. The van der Waals surface area contributed by atoms with Gasteiger partial charge in [-0.25, -0.2) is 4.79 Å². The van der Waals surface area contributed by atoms with E-state index in [0.29, 0.717) is 6.42 Å². The third kappa shape index (κ3) is 2.26. The van der Waals surface area contributed by atoms with Gasteiger partial charge in [-0.1, -0.05) is 36.4 Å². The standard InChI is InChI=1S/C15H15NO3/c17-14-9-7-12-6-8-13(16(12)14)15(18)19-10-11-4-2-1-3-5-11/h1-5,7,9,12-13H,6,8,10H2/t12-,13-/m0/s1. The van der Waals surface area contributed by atoms with Crippen molar-refractivity contribution in [2.24, 2.45) is 0 Å². The van der Waals surface area contributed by atoms with Crippen molar-refractivity contribution < 1.29 is 14.3 Å². The van der Waals surface area contributed by atoms with Crippen molar-refractivity contribution >= 4 is 11.9 Å². The molecule has 1 amide bonds. The molecule has 0 aliphatic carbocycles. The molecule has 2 heterocycles. The Morgan fingerprint density at radius 2 is 2.05 bits per heavy atom. The highest BCUT2D eigenvalue weighted by atomic mass is 16.5. The zero-order valence-electron chi connectivity index (χ0n) is 10.5. The van der Waals surface area contributed by atoms with Gasteiger partial charge in [0.25, 0.3) is 0 Å². The number of hydrogen-bond acceptors (Lipinski definition) is 3. The number of amides is 1. The highest BCUT2D eigenvalue weighted by Gasteiger charge is 2.42. The van der Waals surface area contributed by atoms with Gasteiger partial charge in [0, 0.05) is 6.08 Å². The maximum absolute atomic E-state index is 12.1. The number of benzene rings is 1. The first-order valence-electron chi connectivity index (χ1n) is 6.47. The number of rotatable bonds is 3. The molecule has 1 fully saturated rings. The third-order valence-electron chi connectivity index (χ3n) is 3.64. The number of fused-ring (bicyclic) bond motifs is 1. The number of nitrogens with zero attached hydrogens (tertiary/aromatic N) is 1. The zero-order chi connectivity index (χ0) is 13.2. The molecule has 2 aliphatic heterocycles. The van der Waals surface area contributed by atoms with Crippen LogP contribution in [0.15, 0.2) is 42.5 Å². The summed E-state index contributed by atoms with van der Waals surface area (Å²) in [4.78, 5) is 25.4. The number of hydrogen-bond donors (Lipinski definition) is 0. The monoisotopic (exact) mass is 257 g/mol. The van der Waals surface area contributed by atoms with Crippen LogP contribution in [-0.2, 0) is 20.9 Å². The van der Waals surface area contributed by atoms with Gasteiger partial charge in [0.2, 0.25) is 5.91 Å². The van der Waals surface area contributed by atoms with E-state index in [0.717, 1.165) is 12.0 Å². The molecule has 1 aromatic rings. The molecule has 0 saturated carbocycles. The van der Waals surface area contributed by atoms with E-state index >= 15 is 0 Å². The second kappa shape index (κ2) is 4.88. The SMILES string of the molecule is O=C(OCc1ccccc1)[C@@H]1CC[C@H]2C=CC(=O)N21. The molecule has 1 aromatic carbocycles. The van der Waals surface area contributed by atoms with Crippen LogP contribution in [0.2, 0.25) is 0 Å². The van der Waals surface area contributed by atoms with E-state index in [1.807, 2.05) is 36.4 Å². The molecule has 1 saturated heterocycles. The topological polar surface area (TPSA) is 46.6 Å². The summed E-state index contributed by atoms with van der Waals surface area (Å²) in [6, 6.07) is 9.21. The number of ether oxygens (including phenoxy) is 1. The van der Waals surface area contributed by atoms with Gasteiger partial charge < -0.3 is 9.64 Å². The Morgan fingerprint density at radius 3 is 2.84 bits per heavy atom. The molecule has 0 N–H and O–H groups in total. The molecule has 19 heavy (non-hydrogen) atoms. The Morgan fingerprint density at radius 1 is 1.26 bits per heavy atom. The number of carbonyl (C=O) groups is 2. The van der Waals surface area contributed by atoms with Crippen molar-refractivity contribution in [2.45, 2.75) is 31.5 Å². The molecule has 98 valence electrons. The molecule has 0 aromatic heterocycles. The van der Waals surface area contributed by atoms with E-state index < -0.39 is 6.04 Å². The van der Waals surface area contributed by atoms with Gasteiger partial charge in [-0.05, 0) is 18.4 Å². The first-order chi connectivity index (χ1) is 9.25. The number of esters is 1. The van der Waals surface area contributed by atoms with E-state index in [1.54, 1.807) is 11.0 Å². The van der Waals surface area contributed by atoms with Gasteiger partial charge in [-0.2, -0.15) is 0 Å². The average molecular weight is 257 g/mol. The molecule has 0 spiro atoms. The Balaban J connectivity index is 1.61. The largest absolute Gasteiger partial charge is 0.459 e. The summed E-state index contributed by atoms with van der Waals surface area (Å²) < 4.78 is 5.31. The predicted octanol–water partition coefficient (Wildman–Crippen LogP) is 1.66. The van der Waals surface area contributed by atoms with Gasteiger partial charge in [0.1, 0.15) is 12.6 Å². The van der Waals surface area contributed by atoms with Crippen LogP contribution >= 0.6 is 0 Å². The van der Waals surface area contributed by atoms with Gasteiger partial charge >= 0.3 is 5.97 Å². The van der Waals surface area contributed by atoms with Gasteiger partial charge in [-0.15, -0.1) is 0 Å². The molecule has 2 aliphatic rings. The van der Waals surface area contributed by atoms with Crippen molar-refractivity contribution in [2.75, 3.05) is 0 Å². The van der Waals surface area contributed by atoms with Crippen molar-refractivity contribution in [3.05, 3.63) is 48.0 Å². The fraction of sp³-hybridized carbons (Fsp3) is 0.333. The second-order valence-corrected chi connectivity index (χ2v) is 4.86. The minimum absolute atomic E-state index is 0.0795. The molecule has 2 atom stereocenters. The molecular formula is C15H15NO3. The fourth-order valence-electron chi connectivity index (χ4n) is 2.68. The van der Waals surface area contributed by atoms with Crippen LogP contribution < -0.4 is 0 Å². The maximum atomic E-state index is 12.1. The Kier molecular flexibility index (Phi) is 3.07. The van der Waals surface area contributed by atoms with E-state index in [1.165, 1.54) is 0 Å². The number of carbonyl (C=O) groups excluding carboxylic acids is 2. The zero-order valence-corrected chi connectivity index (χ0v) is 10.5. The summed E-state index contributed by atoms with van der Waals surface area (Å²) in [6.45, 7) is 0.260. The van der Waals surface area contributed by atoms with Crippen molar-refractivity contribution in [3.63, 3.8) is 0 Å². The summed E-state index contributed by atoms with van der Waals surface area (Å²) in [5, 5.41) is 0. The van der Waals surface area contributed by atoms with Crippen LogP contribution in [0.4, 0.5) is 0 Å².